The number of nitrogens with zero attached hydrogens (tertiary/aromatic N) is 2. The van der Waals surface area contributed by atoms with Gasteiger partial charge in [-0.1, -0.05) is 51.1 Å². The second-order valence-corrected chi connectivity index (χ2v) is 5.65. The summed E-state index contributed by atoms with van der Waals surface area (Å²) in [5.41, 5.74) is 2.42. The van der Waals surface area contributed by atoms with E-state index in [2.05, 4.69) is 66.4 Å². The first-order chi connectivity index (χ1) is 9.66. The van der Waals surface area contributed by atoms with Gasteiger partial charge in [0, 0.05) is 29.4 Å². The van der Waals surface area contributed by atoms with Gasteiger partial charge in [0.25, 0.3) is 0 Å². The molecule has 1 N–H and O–H groups in total. The predicted molar refractivity (Wildman–Crippen MR) is 82.5 cm³/mol. The van der Waals surface area contributed by atoms with E-state index in [0.29, 0.717) is 0 Å². The molecule has 2 rings (SSSR count). The molecule has 3 nitrogen and oxygen atoms in total. The van der Waals surface area contributed by atoms with Crippen LogP contribution in [0.25, 0.3) is 0 Å². The highest BCUT2D eigenvalue weighted by Crippen LogP contribution is 2.36. The second-order valence-electron chi connectivity index (χ2n) is 5.65. The molecular formula is C17H23N3. The van der Waals surface area contributed by atoms with Crippen LogP contribution in [0, 0.1) is 0 Å². The minimum atomic E-state index is -0.0266. The van der Waals surface area contributed by atoms with Crippen molar-refractivity contribution < 1.29 is 0 Å². The molecule has 3 heteroatoms. The van der Waals surface area contributed by atoms with Crippen molar-refractivity contribution in [2.24, 2.45) is 0 Å². The van der Waals surface area contributed by atoms with Crippen molar-refractivity contribution in [2.45, 2.75) is 38.6 Å². The van der Waals surface area contributed by atoms with Gasteiger partial charge in [-0.15, -0.1) is 0 Å². The highest BCUT2D eigenvalue weighted by Gasteiger charge is 2.32. The Bertz CT molecular complexity index is 508. The average molecular weight is 269 g/mol. The van der Waals surface area contributed by atoms with Gasteiger partial charge in [0.1, 0.15) is 6.33 Å². The van der Waals surface area contributed by atoms with Gasteiger partial charge < -0.3 is 5.32 Å². The molecule has 2 aromatic rings. The topological polar surface area (TPSA) is 37.8 Å². The number of benzene rings is 1. The van der Waals surface area contributed by atoms with E-state index in [1.807, 2.05) is 12.4 Å². The van der Waals surface area contributed by atoms with Gasteiger partial charge in [0.15, 0.2) is 0 Å². The highest BCUT2D eigenvalue weighted by molar-refractivity contribution is 5.29. The van der Waals surface area contributed by atoms with Crippen molar-refractivity contribution in [3.05, 3.63) is 60.2 Å². The van der Waals surface area contributed by atoms with Crippen LogP contribution in [0.5, 0.6) is 0 Å². The predicted octanol–water partition coefficient (Wildman–Crippen LogP) is 3.50. The van der Waals surface area contributed by atoms with Crippen LogP contribution in [0.3, 0.4) is 0 Å². The molecular weight excluding hydrogens is 246 g/mol. The molecule has 0 amide bonds. The highest BCUT2D eigenvalue weighted by atomic mass is 14.9. The summed E-state index contributed by atoms with van der Waals surface area (Å²) < 4.78 is 0. The third-order valence-electron chi connectivity index (χ3n) is 3.75. The summed E-state index contributed by atoms with van der Waals surface area (Å²) in [5, 5.41) is 3.64. The van der Waals surface area contributed by atoms with E-state index in [9.17, 15) is 0 Å². The Kier molecular flexibility index (Phi) is 4.85. The number of hydrogen-bond acceptors (Lipinski definition) is 3. The van der Waals surface area contributed by atoms with Crippen molar-refractivity contribution in [1.82, 2.24) is 15.3 Å². The first kappa shape index (κ1) is 14.7. The molecule has 0 bridgehead atoms. The number of nitrogens with one attached hydrogen (secondary N) is 1. The van der Waals surface area contributed by atoms with Crippen LogP contribution >= 0.6 is 0 Å². The van der Waals surface area contributed by atoms with Crippen LogP contribution < -0.4 is 5.32 Å². The van der Waals surface area contributed by atoms with Gasteiger partial charge in [-0.3, -0.25) is 0 Å². The Morgan fingerprint density at radius 2 is 1.75 bits per heavy atom. The molecule has 0 aliphatic rings. The number of hydrogen-bond donors (Lipinski definition) is 1. The van der Waals surface area contributed by atoms with Crippen LogP contribution in [0.15, 0.2) is 49.1 Å². The zero-order valence-electron chi connectivity index (χ0n) is 12.5. The molecule has 20 heavy (non-hydrogen) atoms. The van der Waals surface area contributed by atoms with Crippen molar-refractivity contribution in [3.8, 4) is 0 Å². The van der Waals surface area contributed by atoms with Gasteiger partial charge in [-0.2, -0.15) is 0 Å². The quantitative estimate of drug-likeness (QED) is 0.872. The fraction of sp³-hybridized carbons (Fsp3) is 0.412. The molecule has 0 aliphatic heterocycles. The SMILES string of the molecule is CCCNC(c1cncnc1)C(C)(C)c1ccccc1. The minimum Gasteiger partial charge on any atom is -0.309 e. The molecule has 0 saturated carbocycles. The molecule has 106 valence electrons. The summed E-state index contributed by atoms with van der Waals surface area (Å²) in [7, 11) is 0. The van der Waals surface area contributed by atoms with Crippen LogP contribution in [-0.2, 0) is 5.41 Å². The van der Waals surface area contributed by atoms with E-state index in [1.165, 1.54) is 5.56 Å². The first-order valence-electron chi connectivity index (χ1n) is 7.20. The summed E-state index contributed by atoms with van der Waals surface area (Å²) in [4.78, 5) is 8.34. The van der Waals surface area contributed by atoms with E-state index in [1.54, 1.807) is 6.33 Å². The van der Waals surface area contributed by atoms with E-state index < -0.39 is 0 Å². The second kappa shape index (κ2) is 6.62. The maximum absolute atomic E-state index is 4.17. The van der Waals surface area contributed by atoms with Crippen LogP contribution in [0.4, 0.5) is 0 Å². The van der Waals surface area contributed by atoms with Gasteiger partial charge in [-0.25, -0.2) is 9.97 Å². The Hall–Kier alpha value is -1.74. The lowest BCUT2D eigenvalue weighted by Crippen LogP contribution is -2.38. The Morgan fingerprint density at radius 1 is 1.10 bits per heavy atom. The van der Waals surface area contributed by atoms with E-state index >= 15 is 0 Å². The number of aromatic nitrogens is 2. The molecule has 1 atom stereocenters. The molecule has 0 fully saturated rings. The molecule has 0 radical (unpaired) electrons. The molecule has 1 aromatic heterocycles. The molecule has 0 saturated heterocycles. The molecule has 1 heterocycles. The largest absolute Gasteiger partial charge is 0.309 e. The summed E-state index contributed by atoms with van der Waals surface area (Å²) in [6.07, 6.45) is 6.50. The van der Waals surface area contributed by atoms with Crippen LogP contribution in [0.2, 0.25) is 0 Å². The first-order valence-corrected chi connectivity index (χ1v) is 7.20. The van der Waals surface area contributed by atoms with Gasteiger partial charge in [0.2, 0.25) is 0 Å². The lowest BCUT2D eigenvalue weighted by molar-refractivity contribution is 0.347. The maximum Gasteiger partial charge on any atom is 0.115 e. The molecule has 1 aromatic carbocycles. The fourth-order valence-electron chi connectivity index (χ4n) is 2.57. The lowest BCUT2D eigenvalue weighted by Gasteiger charge is -2.35. The zero-order chi connectivity index (χ0) is 14.4. The summed E-state index contributed by atoms with van der Waals surface area (Å²) in [5.74, 6) is 0. The average Bonchev–Trinajstić information content (AvgIpc) is 2.49. The summed E-state index contributed by atoms with van der Waals surface area (Å²) in [6, 6.07) is 10.8. The summed E-state index contributed by atoms with van der Waals surface area (Å²) in [6.45, 7) is 7.70. The Balaban J connectivity index is 2.35. The van der Waals surface area contributed by atoms with Crippen molar-refractivity contribution in [1.29, 1.82) is 0 Å². The minimum absolute atomic E-state index is 0.0266. The molecule has 1 unspecified atom stereocenters. The Morgan fingerprint density at radius 3 is 2.35 bits per heavy atom. The molecule has 0 aliphatic carbocycles. The summed E-state index contributed by atoms with van der Waals surface area (Å²) >= 11 is 0. The van der Waals surface area contributed by atoms with Crippen LogP contribution in [-0.4, -0.2) is 16.5 Å². The third-order valence-corrected chi connectivity index (χ3v) is 3.75. The lowest BCUT2D eigenvalue weighted by atomic mass is 9.75. The van der Waals surface area contributed by atoms with Gasteiger partial charge in [-0.05, 0) is 18.5 Å². The zero-order valence-corrected chi connectivity index (χ0v) is 12.5. The van der Waals surface area contributed by atoms with Crippen molar-refractivity contribution in [3.63, 3.8) is 0 Å². The van der Waals surface area contributed by atoms with E-state index in [-0.39, 0.29) is 11.5 Å². The normalized spacial score (nSPS) is 13.2. The van der Waals surface area contributed by atoms with Crippen LogP contribution in [0.1, 0.15) is 44.4 Å². The fourth-order valence-corrected chi connectivity index (χ4v) is 2.57. The van der Waals surface area contributed by atoms with E-state index in [4.69, 9.17) is 0 Å². The van der Waals surface area contributed by atoms with Gasteiger partial charge in [0.05, 0.1) is 0 Å². The smallest absolute Gasteiger partial charge is 0.115 e. The van der Waals surface area contributed by atoms with Crippen molar-refractivity contribution in [2.75, 3.05) is 6.54 Å². The maximum atomic E-state index is 4.17. The molecule has 0 spiro atoms. The number of rotatable bonds is 6. The van der Waals surface area contributed by atoms with Crippen molar-refractivity contribution >= 4 is 0 Å². The van der Waals surface area contributed by atoms with E-state index in [0.717, 1.165) is 18.5 Å². The standard InChI is InChI=1S/C17H23N3/c1-4-10-20-16(14-11-18-13-19-12-14)17(2,3)15-8-6-5-7-9-15/h5-9,11-13,16,20H,4,10H2,1-3H3. The van der Waals surface area contributed by atoms with Gasteiger partial charge >= 0.3 is 0 Å². The third kappa shape index (κ3) is 3.23. The Labute approximate surface area is 121 Å². The monoisotopic (exact) mass is 269 g/mol.